The minimum Gasteiger partial charge on any atom is -0.388 e. The summed E-state index contributed by atoms with van der Waals surface area (Å²) < 4.78 is 15.7. The quantitative estimate of drug-likeness (QED) is 0.331. The molecule has 0 aromatic rings. The van der Waals surface area contributed by atoms with Gasteiger partial charge in [-0.1, -0.05) is 19.0 Å². The van der Waals surface area contributed by atoms with E-state index in [1.807, 2.05) is 0 Å². The lowest BCUT2D eigenvalue weighted by Crippen LogP contribution is -2.19. The monoisotopic (exact) mass is 218 g/mol. The van der Waals surface area contributed by atoms with Crippen LogP contribution in [0.1, 0.15) is 13.3 Å². The highest BCUT2D eigenvalue weighted by molar-refractivity contribution is 6.58. The van der Waals surface area contributed by atoms with Crippen LogP contribution in [0.2, 0.25) is 12.1 Å². The van der Waals surface area contributed by atoms with E-state index in [9.17, 15) is 0 Å². The standard InChI is InChI=1S/C10H22O3Si/c1-3-14(9-11-2)6-4-5-12-7-10-8-13-10/h10,14H,3-9H2,1-2H3. The first-order valence-electron chi connectivity index (χ1n) is 5.55. The SMILES string of the molecule is CC[SiH](CCCOCC1CO1)COC. The topological polar surface area (TPSA) is 31.0 Å². The summed E-state index contributed by atoms with van der Waals surface area (Å²) in [5, 5.41) is 0. The Labute approximate surface area is 88.3 Å². The molecule has 0 saturated carbocycles. The van der Waals surface area contributed by atoms with Crippen molar-refractivity contribution in [3.05, 3.63) is 0 Å². The molecule has 1 aliphatic heterocycles. The van der Waals surface area contributed by atoms with Gasteiger partial charge in [0.1, 0.15) is 6.10 Å². The molecule has 0 amide bonds. The third-order valence-corrected chi connectivity index (χ3v) is 5.77. The number of hydrogen-bond donors (Lipinski definition) is 0. The fraction of sp³-hybridized carbons (Fsp3) is 1.00. The number of ether oxygens (including phenoxy) is 3. The summed E-state index contributed by atoms with van der Waals surface area (Å²) in [5.41, 5.74) is 0. The van der Waals surface area contributed by atoms with Gasteiger partial charge >= 0.3 is 0 Å². The van der Waals surface area contributed by atoms with E-state index >= 15 is 0 Å². The molecular weight excluding hydrogens is 196 g/mol. The number of methoxy groups -OCH3 is 1. The van der Waals surface area contributed by atoms with Crippen LogP contribution in [0.3, 0.4) is 0 Å². The third kappa shape index (κ3) is 5.75. The maximum atomic E-state index is 5.49. The third-order valence-electron chi connectivity index (χ3n) is 2.59. The van der Waals surface area contributed by atoms with Crippen molar-refractivity contribution >= 4 is 8.80 Å². The predicted octanol–water partition coefficient (Wildman–Crippen LogP) is 1.22. The first-order valence-corrected chi connectivity index (χ1v) is 8.00. The van der Waals surface area contributed by atoms with E-state index in [1.165, 1.54) is 18.5 Å². The Morgan fingerprint density at radius 1 is 1.50 bits per heavy atom. The lowest BCUT2D eigenvalue weighted by atomic mass is 10.5. The van der Waals surface area contributed by atoms with Crippen molar-refractivity contribution in [1.29, 1.82) is 0 Å². The molecule has 1 heterocycles. The van der Waals surface area contributed by atoms with E-state index < -0.39 is 8.80 Å². The Hall–Kier alpha value is 0.0969. The maximum absolute atomic E-state index is 5.49. The molecule has 0 bridgehead atoms. The smallest absolute Gasteiger partial charge is 0.104 e. The van der Waals surface area contributed by atoms with E-state index in [0.29, 0.717) is 6.10 Å². The predicted molar refractivity (Wildman–Crippen MR) is 59.5 cm³/mol. The number of hydrogen-bond acceptors (Lipinski definition) is 3. The summed E-state index contributed by atoms with van der Waals surface area (Å²) in [5.74, 6) is 0. The largest absolute Gasteiger partial charge is 0.388 e. The summed E-state index contributed by atoms with van der Waals surface area (Å²) in [7, 11) is 1.20. The van der Waals surface area contributed by atoms with E-state index in [4.69, 9.17) is 14.2 Å². The molecule has 0 aliphatic carbocycles. The van der Waals surface area contributed by atoms with Crippen molar-refractivity contribution in [3.63, 3.8) is 0 Å². The van der Waals surface area contributed by atoms with Gasteiger partial charge < -0.3 is 14.2 Å². The van der Waals surface area contributed by atoms with Gasteiger partial charge in [0.15, 0.2) is 0 Å². The van der Waals surface area contributed by atoms with Crippen LogP contribution in [0.15, 0.2) is 0 Å². The Morgan fingerprint density at radius 2 is 2.29 bits per heavy atom. The fourth-order valence-corrected chi connectivity index (χ4v) is 3.52. The molecule has 1 rings (SSSR count). The second-order valence-electron chi connectivity index (χ2n) is 3.90. The molecule has 0 spiro atoms. The summed E-state index contributed by atoms with van der Waals surface area (Å²) in [6, 6.07) is 2.68. The Kier molecular flexibility index (Phi) is 6.43. The lowest BCUT2D eigenvalue weighted by Gasteiger charge is -2.11. The van der Waals surface area contributed by atoms with Gasteiger partial charge in [-0.15, -0.1) is 0 Å². The van der Waals surface area contributed by atoms with Gasteiger partial charge in [0, 0.05) is 19.9 Å². The Morgan fingerprint density at radius 3 is 2.86 bits per heavy atom. The van der Waals surface area contributed by atoms with Crippen LogP contribution in [0, 0.1) is 0 Å². The molecule has 2 atom stereocenters. The van der Waals surface area contributed by atoms with Crippen molar-refractivity contribution in [2.75, 3.05) is 33.2 Å². The van der Waals surface area contributed by atoms with Crippen LogP contribution in [-0.4, -0.2) is 48.1 Å². The second-order valence-corrected chi connectivity index (χ2v) is 7.36. The van der Waals surface area contributed by atoms with Gasteiger partial charge in [0.25, 0.3) is 0 Å². The molecular formula is C10H22O3Si. The van der Waals surface area contributed by atoms with Crippen LogP contribution in [0.4, 0.5) is 0 Å². The Balaban J connectivity index is 1.84. The molecule has 84 valence electrons. The highest BCUT2D eigenvalue weighted by Gasteiger charge is 2.22. The van der Waals surface area contributed by atoms with Gasteiger partial charge in [-0.3, -0.25) is 0 Å². The zero-order valence-electron chi connectivity index (χ0n) is 9.33. The average molecular weight is 218 g/mol. The van der Waals surface area contributed by atoms with Gasteiger partial charge in [-0.2, -0.15) is 0 Å². The van der Waals surface area contributed by atoms with Gasteiger partial charge in [-0.25, -0.2) is 0 Å². The van der Waals surface area contributed by atoms with Crippen LogP contribution >= 0.6 is 0 Å². The van der Waals surface area contributed by atoms with Gasteiger partial charge in [-0.05, 0) is 6.42 Å². The summed E-state index contributed by atoms with van der Waals surface area (Å²) in [6.07, 6.45) is 2.62. The molecule has 0 radical (unpaired) electrons. The fourth-order valence-electron chi connectivity index (χ4n) is 1.49. The zero-order valence-corrected chi connectivity index (χ0v) is 10.5. The molecule has 1 aliphatic rings. The van der Waals surface area contributed by atoms with E-state index in [-0.39, 0.29) is 0 Å². The van der Waals surface area contributed by atoms with E-state index in [2.05, 4.69) is 6.92 Å². The van der Waals surface area contributed by atoms with Gasteiger partial charge in [0.05, 0.1) is 22.0 Å². The molecule has 1 fully saturated rings. The molecule has 4 heteroatoms. The minimum absolute atomic E-state index is 0.410. The Bertz CT molecular complexity index is 139. The van der Waals surface area contributed by atoms with Crippen molar-refractivity contribution in [2.45, 2.75) is 31.5 Å². The lowest BCUT2D eigenvalue weighted by molar-refractivity contribution is 0.117. The number of rotatable bonds is 9. The van der Waals surface area contributed by atoms with Crippen LogP contribution in [-0.2, 0) is 14.2 Å². The van der Waals surface area contributed by atoms with Crippen molar-refractivity contribution in [1.82, 2.24) is 0 Å². The van der Waals surface area contributed by atoms with E-state index in [0.717, 1.165) is 26.1 Å². The van der Waals surface area contributed by atoms with Crippen molar-refractivity contribution in [3.8, 4) is 0 Å². The first-order chi connectivity index (χ1) is 6.86. The average Bonchev–Trinajstić information content (AvgIpc) is 2.99. The highest BCUT2D eigenvalue weighted by atomic mass is 28.3. The van der Waals surface area contributed by atoms with Crippen LogP contribution < -0.4 is 0 Å². The molecule has 1 saturated heterocycles. The zero-order chi connectivity index (χ0) is 10.2. The second kappa shape index (κ2) is 7.40. The highest BCUT2D eigenvalue weighted by Crippen LogP contribution is 2.09. The first kappa shape index (κ1) is 12.2. The van der Waals surface area contributed by atoms with Crippen molar-refractivity contribution in [2.24, 2.45) is 0 Å². The van der Waals surface area contributed by atoms with Crippen molar-refractivity contribution < 1.29 is 14.2 Å². The molecule has 0 aromatic carbocycles. The summed E-state index contributed by atoms with van der Waals surface area (Å²) >= 11 is 0. The summed E-state index contributed by atoms with van der Waals surface area (Å²) in [4.78, 5) is 0. The maximum Gasteiger partial charge on any atom is 0.104 e. The normalized spacial score (nSPS) is 22.3. The minimum atomic E-state index is -0.598. The van der Waals surface area contributed by atoms with Crippen LogP contribution in [0.25, 0.3) is 0 Å². The van der Waals surface area contributed by atoms with Crippen LogP contribution in [0.5, 0.6) is 0 Å². The molecule has 3 nitrogen and oxygen atoms in total. The molecule has 14 heavy (non-hydrogen) atoms. The molecule has 0 N–H and O–H groups in total. The number of epoxide rings is 1. The molecule has 2 unspecified atom stereocenters. The summed E-state index contributed by atoms with van der Waals surface area (Å²) in [6.45, 7) is 4.86. The van der Waals surface area contributed by atoms with E-state index in [1.54, 1.807) is 7.11 Å². The molecule has 0 aromatic heterocycles. The van der Waals surface area contributed by atoms with Gasteiger partial charge in [0.2, 0.25) is 0 Å².